The molecule has 2 saturated heterocycles. The molecule has 5 heteroatoms. The molecule has 2 amide bonds. The van der Waals surface area contributed by atoms with Crippen LogP contribution in [0, 0.1) is 5.92 Å². The van der Waals surface area contributed by atoms with E-state index in [1.807, 2.05) is 6.92 Å². The molecule has 2 rings (SSSR count). The van der Waals surface area contributed by atoms with Crippen LogP contribution in [-0.4, -0.2) is 52.6 Å². The van der Waals surface area contributed by atoms with Crippen molar-refractivity contribution in [3.63, 3.8) is 0 Å². The molecule has 2 fully saturated rings. The largest absolute Gasteiger partial charge is 0.481 e. The molecule has 2 unspecified atom stereocenters. The second-order valence-corrected chi connectivity index (χ2v) is 4.57. The van der Waals surface area contributed by atoms with Gasteiger partial charge in [-0.1, -0.05) is 0 Å². The van der Waals surface area contributed by atoms with E-state index < -0.39 is 5.97 Å². The molecule has 16 heavy (non-hydrogen) atoms. The van der Waals surface area contributed by atoms with Gasteiger partial charge in [0.25, 0.3) is 0 Å². The Morgan fingerprint density at radius 3 is 2.81 bits per heavy atom. The monoisotopic (exact) mass is 226 g/mol. The number of carboxylic acid groups (broad SMARTS) is 1. The number of carbonyl (C=O) groups is 2. The van der Waals surface area contributed by atoms with Crippen molar-refractivity contribution in [2.24, 2.45) is 5.92 Å². The normalized spacial score (nSPS) is 30.2. The van der Waals surface area contributed by atoms with Gasteiger partial charge in [-0.05, 0) is 26.2 Å². The summed E-state index contributed by atoms with van der Waals surface area (Å²) < 4.78 is 0. The lowest BCUT2D eigenvalue weighted by atomic mass is 9.90. The molecule has 0 bridgehead atoms. The first kappa shape index (κ1) is 11.2. The lowest BCUT2D eigenvalue weighted by Gasteiger charge is -2.45. The third kappa shape index (κ3) is 1.86. The molecule has 2 aliphatic heterocycles. The predicted octanol–water partition coefficient (Wildman–Crippen LogP) is 0.997. The zero-order valence-electron chi connectivity index (χ0n) is 9.56. The molecule has 2 atom stereocenters. The molecule has 1 N–H and O–H groups in total. The van der Waals surface area contributed by atoms with E-state index >= 15 is 0 Å². The topological polar surface area (TPSA) is 60.9 Å². The van der Waals surface area contributed by atoms with Gasteiger partial charge in [-0.25, -0.2) is 4.79 Å². The smallest absolute Gasteiger partial charge is 0.320 e. The summed E-state index contributed by atoms with van der Waals surface area (Å²) in [4.78, 5) is 26.5. The maximum absolute atomic E-state index is 12.0. The Labute approximate surface area is 95.0 Å². The molecule has 0 aliphatic carbocycles. The van der Waals surface area contributed by atoms with Crippen molar-refractivity contribution in [3.8, 4) is 0 Å². The van der Waals surface area contributed by atoms with E-state index in [-0.39, 0.29) is 18.0 Å². The average Bonchev–Trinajstić information content (AvgIpc) is 2.29. The Balaban J connectivity index is 2.07. The quantitative estimate of drug-likeness (QED) is 0.764. The van der Waals surface area contributed by atoms with Crippen LogP contribution in [0.2, 0.25) is 0 Å². The second-order valence-electron chi connectivity index (χ2n) is 4.57. The highest BCUT2D eigenvalue weighted by atomic mass is 16.4. The van der Waals surface area contributed by atoms with Gasteiger partial charge in [-0.2, -0.15) is 0 Å². The fourth-order valence-corrected chi connectivity index (χ4v) is 2.64. The number of carbonyl (C=O) groups excluding carboxylic acids is 1. The number of aliphatic carboxylic acids is 1. The molecule has 0 saturated carbocycles. The summed E-state index contributed by atoms with van der Waals surface area (Å²) in [5.41, 5.74) is 0. The van der Waals surface area contributed by atoms with Crippen LogP contribution >= 0.6 is 0 Å². The minimum absolute atomic E-state index is 0.0182. The van der Waals surface area contributed by atoms with E-state index in [1.165, 1.54) is 0 Å². The van der Waals surface area contributed by atoms with Gasteiger partial charge in [0.2, 0.25) is 0 Å². The van der Waals surface area contributed by atoms with Crippen LogP contribution < -0.4 is 0 Å². The fourth-order valence-electron chi connectivity index (χ4n) is 2.64. The van der Waals surface area contributed by atoms with Crippen molar-refractivity contribution in [1.82, 2.24) is 9.80 Å². The maximum atomic E-state index is 12.0. The number of fused-ring (bicyclic) bond motifs is 1. The second kappa shape index (κ2) is 4.31. The van der Waals surface area contributed by atoms with Crippen LogP contribution in [0.5, 0.6) is 0 Å². The summed E-state index contributed by atoms with van der Waals surface area (Å²) in [5, 5.41) is 8.99. The lowest BCUT2D eigenvalue weighted by Crippen LogP contribution is -2.58. The number of nitrogens with zero attached hydrogens (tertiary/aromatic N) is 2. The number of hydrogen-bond donors (Lipinski definition) is 1. The third-order valence-electron chi connectivity index (χ3n) is 3.69. The van der Waals surface area contributed by atoms with Crippen LogP contribution in [0.15, 0.2) is 0 Å². The highest BCUT2D eigenvalue weighted by Gasteiger charge is 2.39. The Kier molecular flexibility index (Phi) is 3.03. The number of hydrogen-bond acceptors (Lipinski definition) is 2. The van der Waals surface area contributed by atoms with Gasteiger partial charge in [-0.15, -0.1) is 0 Å². The summed E-state index contributed by atoms with van der Waals surface area (Å²) in [6, 6.07) is 0.288. The van der Waals surface area contributed by atoms with Gasteiger partial charge in [0.15, 0.2) is 0 Å². The number of rotatable bonds is 2. The zero-order valence-corrected chi connectivity index (χ0v) is 9.56. The first-order valence-corrected chi connectivity index (χ1v) is 5.91. The standard InChI is InChI=1S/C11H18N2O3/c1-2-12-6-5-9-4-3-8(10(14)15)7-13(9)11(12)16/h8-9H,2-7H2,1H3,(H,14,15). The molecule has 90 valence electrons. The van der Waals surface area contributed by atoms with Gasteiger partial charge in [0.05, 0.1) is 5.92 Å². The zero-order chi connectivity index (χ0) is 11.7. The van der Waals surface area contributed by atoms with Crippen LogP contribution in [-0.2, 0) is 4.79 Å². The van der Waals surface area contributed by atoms with E-state index in [1.54, 1.807) is 9.80 Å². The van der Waals surface area contributed by atoms with Crippen LogP contribution in [0.25, 0.3) is 0 Å². The highest BCUT2D eigenvalue weighted by molar-refractivity contribution is 5.77. The van der Waals surface area contributed by atoms with Crippen LogP contribution in [0.1, 0.15) is 26.2 Å². The number of piperidine rings is 1. The van der Waals surface area contributed by atoms with Crippen LogP contribution in [0.4, 0.5) is 4.79 Å². The molecular weight excluding hydrogens is 208 g/mol. The van der Waals surface area contributed by atoms with E-state index in [2.05, 4.69) is 0 Å². The molecular formula is C11H18N2O3. The van der Waals surface area contributed by atoms with E-state index in [9.17, 15) is 9.59 Å². The minimum Gasteiger partial charge on any atom is -0.481 e. The van der Waals surface area contributed by atoms with Gasteiger partial charge >= 0.3 is 12.0 Å². The average molecular weight is 226 g/mol. The molecule has 2 aliphatic rings. The van der Waals surface area contributed by atoms with Crippen molar-refractivity contribution in [2.45, 2.75) is 32.2 Å². The molecule has 0 radical (unpaired) electrons. The third-order valence-corrected chi connectivity index (χ3v) is 3.69. The Morgan fingerprint density at radius 2 is 2.19 bits per heavy atom. The molecule has 0 aromatic carbocycles. The van der Waals surface area contributed by atoms with Crippen molar-refractivity contribution >= 4 is 12.0 Å². The van der Waals surface area contributed by atoms with E-state index in [0.29, 0.717) is 19.5 Å². The van der Waals surface area contributed by atoms with Crippen molar-refractivity contribution in [2.75, 3.05) is 19.6 Å². The summed E-state index contributed by atoms with van der Waals surface area (Å²) in [6.07, 6.45) is 2.52. The van der Waals surface area contributed by atoms with Crippen molar-refractivity contribution in [3.05, 3.63) is 0 Å². The molecule has 2 heterocycles. The Morgan fingerprint density at radius 1 is 1.44 bits per heavy atom. The van der Waals surface area contributed by atoms with Crippen LogP contribution in [0.3, 0.4) is 0 Å². The Hall–Kier alpha value is -1.26. The first-order chi connectivity index (χ1) is 7.63. The highest BCUT2D eigenvalue weighted by Crippen LogP contribution is 2.28. The summed E-state index contributed by atoms with van der Waals surface area (Å²) in [5.74, 6) is -1.16. The van der Waals surface area contributed by atoms with Gasteiger partial charge in [-0.3, -0.25) is 4.79 Å². The van der Waals surface area contributed by atoms with Gasteiger partial charge in [0, 0.05) is 25.7 Å². The van der Waals surface area contributed by atoms with Crippen molar-refractivity contribution in [1.29, 1.82) is 0 Å². The van der Waals surface area contributed by atoms with Gasteiger partial charge < -0.3 is 14.9 Å². The molecule has 0 aromatic rings. The predicted molar refractivity (Wildman–Crippen MR) is 58.1 cm³/mol. The number of carboxylic acids is 1. The Bertz CT molecular complexity index is 306. The van der Waals surface area contributed by atoms with E-state index in [4.69, 9.17) is 5.11 Å². The molecule has 0 aromatic heterocycles. The summed E-state index contributed by atoms with van der Waals surface area (Å²) >= 11 is 0. The summed E-state index contributed by atoms with van der Waals surface area (Å²) in [7, 11) is 0. The summed E-state index contributed by atoms with van der Waals surface area (Å²) in [6.45, 7) is 3.86. The fraction of sp³-hybridized carbons (Fsp3) is 0.818. The SMILES string of the molecule is CCN1CCC2CCC(C(=O)O)CN2C1=O. The molecule has 0 spiro atoms. The maximum Gasteiger partial charge on any atom is 0.320 e. The lowest BCUT2D eigenvalue weighted by molar-refractivity contribution is -0.143. The van der Waals surface area contributed by atoms with E-state index in [0.717, 1.165) is 19.4 Å². The minimum atomic E-state index is -0.778. The van der Waals surface area contributed by atoms with Gasteiger partial charge in [0.1, 0.15) is 0 Å². The molecule has 5 nitrogen and oxygen atoms in total. The van der Waals surface area contributed by atoms with Crippen molar-refractivity contribution < 1.29 is 14.7 Å². The first-order valence-electron chi connectivity index (χ1n) is 5.91. The number of urea groups is 1. The number of amides is 2.